The van der Waals surface area contributed by atoms with Crippen LogP contribution in [0.15, 0.2) is 44.7 Å². The lowest BCUT2D eigenvalue weighted by atomic mass is 10.1. The maximum absolute atomic E-state index is 12.9. The number of benzene rings is 1. The van der Waals surface area contributed by atoms with Gasteiger partial charge in [0.05, 0.1) is 17.7 Å². The van der Waals surface area contributed by atoms with Crippen LogP contribution in [0.5, 0.6) is 0 Å². The first kappa shape index (κ1) is 18.3. The van der Waals surface area contributed by atoms with E-state index in [4.69, 9.17) is 4.42 Å². The van der Waals surface area contributed by atoms with Gasteiger partial charge in [-0.15, -0.1) is 0 Å². The van der Waals surface area contributed by atoms with E-state index in [0.717, 1.165) is 37.5 Å². The number of carbonyl (C=O) groups excluding carboxylic acids is 1. The number of amidine groups is 1. The van der Waals surface area contributed by atoms with Crippen molar-refractivity contribution in [3.05, 3.63) is 47.2 Å². The van der Waals surface area contributed by atoms with Gasteiger partial charge >= 0.3 is 0 Å². The van der Waals surface area contributed by atoms with E-state index in [-0.39, 0.29) is 5.91 Å². The Morgan fingerprint density at radius 3 is 2.93 bits per heavy atom. The lowest BCUT2D eigenvalue weighted by molar-refractivity contribution is 0.0951. The van der Waals surface area contributed by atoms with Gasteiger partial charge in [0.15, 0.2) is 0 Å². The lowest BCUT2D eigenvalue weighted by Crippen LogP contribution is -2.33. The molecule has 0 unspecified atom stereocenters. The smallest absolute Gasteiger partial charge is 0.255 e. The number of aryl methyl sites for hydroxylation is 1. The maximum Gasteiger partial charge on any atom is 0.255 e. The SMILES string of the molecule is CCN(CCCNC(=O)c1c(C)oc2c1C1=NCCN1C=N2)c1ccccc1. The van der Waals surface area contributed by atoms with Crippen molar-refractivity contribution in [1.82, 2.24) is 10.2 Å². The first-order valence-electron chi connectivity index (χ1n) is 9.76. The predicted molar refractivity (Wildman–Crippen MR) is 111 cm³/mol. The van der Waals surface area contributed by atoms with Gasteiger partial charge in [-0.05, 0) is 32.4 Å². The van der Waals surface area contributed by atoms with Crippen LogP contribution >= 0.6 is 0 Å². The molecule has 4 rings (SSSR count). The minimum atomic E-state index is -0.128. The first-order valence-corrected chi connectivity index (χ1v) is 9.76. The molecule has 1 N–H and O–H groups in total. The Bertz CT molecular complexity index is 916. The van der Waals surface area contributed by atoms with Crippen LogP contribution in [0.2, 0.25) is 0 Å². The zero-order valence-corrected chi connectivity index (χ0v) is 16.3. The van der Waals surface area contributed by atoms with Crippen LogP contribution in [0, 0.1) is 6.92 Å². The zero-order valence-electron chi connectivity index (χ0n) is 16.3. The highest BCUT2D eigenvalue weighted by Gasteiger charge is 2.33. The molecule has 0 atom stereocenters. The molecule has 3 heterocycles. The number of anilines is 1. The molecule has 0 radical (unpaired) electrons. The van der Waals surface area contributed by atoms with E-state index in [9.17, 15) is 4.79 Å². The Kier molecular flexibility index (Phi) is 5.14. The van der Waals surface area contributed by atoms with Gasteiger partial charge in [-0.3, -0.25) is 9.79 Å². The average molecular weight is 379 g/mol. The average Bonchev–Trinajstić information content (AvgIpc) is 3.31. The minimum Gasteiger partial charge on any atom is -0.442 e. The fourth-order valence-electron chi connectivity index (χ4n) is 3.69. The molecule has 7 heteroatoms. The third-order valence-electron chi connectivity index (χ3n) is 5.10. The second-order valence-corrected chi connectivity index (χ2v) is 6.88. The van der Waals surface area contributed by atoms with Crippen LogP contribution in [0.3, 0.4) is 0 Å². The number of para-hydroxylation sites is 1. The highest BCUT2D eigenvalue weighted by atomic mass is 16.4. The van der Waals surface area contributed by atoms with Crippen LogP contribution in [-0.4, -0.2) is 55.7 Å². The molecule has 0 spiro atoms. The van der Waals surface area contributed by atoms with Crippen LogP contribution in [0.25, 0.3) is 0 Å². The molecule has 0 saturated heterocycles. The Morgan fingerprint density at radius 1 is 1.32 bits per heavy atom. The molecule has 1 aromatic carbocycles. The van der Waals surface area contributed by atoms with Crippen molar-refractivity contribution in [2.45, 2.75) is 20.3 Å². The number of carbonyl (C=O) groups is 1. The number of amides is 1. The maximum atomic E-state index is 12.9. The Balaban J connectivity index is 1.39. The summed E-state index contributed by atoms with van der Waals surface area (Å²) in [7, 11) is 0. The number of furan rings is 1. The van der Waals surface area contributed by atoms with Gasteiger partial charge in [0.2, 0.25) is 5.88 Å². The number of rotatable bonds is 7. The molecule has 146 valence electrons. The van der Waals surface area contributed by atoms with Crippen molar-refractivity contribution in [2.24, 2.45) is 9.98 Å². The number of aliphatic imine (C=N–C) groups is 2. The van der Waals surface area contributed by atoms with Crippen molar-refractivity contribution in [3.8, 4) is 0 Å². The molecular weight excluding hydrogens is 354 g/mol. The molecule has 1 aromatic heterocycles. The van der Waals surface area contributed by atoms with Crippen LogP contribution < -0.4 is 10.2 Å². The number of nitrogens with zero attached hydrogens (tertiary/aromatic N) is 4. The summed E-state index contributed by atoms with van der Waals surface area (Å²) < 4.78 is 5.71. The third-order valence-corrected chi connectivity index (χ3v) is 5.10. The fourth-order valence-corrected chi connectivity index (χ4v) is 3.69. The van der Waals surface area contributed by atoms with Gasteiger partial charge < -0.3 is 19.5 Å². The highest BCUT2D eigenvalue weighted by Crippen LogP contribution is 2.34. The molecule has 0 fully saturated rings. The van der Waals surface area contributed by atoms with Gasteiger partial charge in [0.1, 0.15) is 17.9 Å². The van der Waals surface area contributed by atoms with Crippen LogP contribution in [-0.2, 0) is 0 Å². The Labute approximate surface area is 164 Å². The van der Waals surface area contributed by atoms with Crippen molar-refractivity contribution >= 4 is 29.7 Å². The summed E-state index contributed by atoms with van der Waals surface area (Å²) in [5.74, 6) is 1.71. The lowest BCUT2D eigenvalue weighted by Gasteiger charge is -2.23. The normalized spacial score (nSPS) is 14.5. The van der Waals surface area contributed by atoms with Crippen molar-refractivity contribution in [2.75, 3.05) is 37.6 Å². The summed E-state index contributed by atoms with van der Waals surface area (Å²) in [6.07, 6.45) is 2.58. The van der Waals surface area contributed by atoms with E-state index in [1.807, 2.05) is 23.1 Å². The molecule has 28 heavy (non-hydrogen) atoms. The van der Waals surface area contributed by atoms with E-state index < -0.39 is 0 Å². The van der Waals surface area contributed by atoms with Crippen molar-refractivity contribution < 1.29 is 9.21 Å². The quantitative estimate of drug-likeness (QED) is 0.751. The van der Waals surface area contributed by atoms with Crippen LogP contribution in [0.1, 0.15) is 35.0 Å². The number of fused-ring (bicyclic) bond motifs is 3. The largest absolute Gasteiger partial charge is 0.442 e. The van der Waals surface area contributed by atoms with E-state index in [2.05, 4.69) is 39.3 Å². The molecular formula is C21H25N5O2. The topological polar surface area (TPSA) is 73.4 Å². The molecule has 0 aliphatic carbocycles. The summed E-state index contributed by atoms with van der Waals surface area (Å²) in [6.45, 7) is 7.85. The second-order valence-electron chi connectivity index (χ2n) is 6.88. The van der Waals surface area contributed by atoms with Crippen molar-refractivity contribution in [3.63, 3.8) is 0 Å². The van der Waals surface area contributed by atoms with E-state index >= 15 is 0 Å². The van der Waals surface area contributed by atoms with E-state index in [0.29, 0.717) is 30.3 Å². The van der Waals surface area contributed by atoms with Crippen LogP contribution in [0.4, 0.5) is 11.6 Å². The number of hydrogen-bond donors (Lipinski definition) is 1. The zero-order chi connectivity index (χ0) is 19.5. The summed E-state index contributed by atoms with van der Waals surface area (Å²) in [6, 6.07) is 10.3. The summed E-state index contributed by atoms with van der Waals surface area (Å²) in [5, 5.41) is 3.04. The number of hydrogen-bond acceptors (Lipinski definition) is 6. The van der Waals surface area contributed by atoms with Crippen molar-refractivity contribution in [1.29, 1.82) is 0 Å². The Hall–Kier alpha value is -3.09. The molecule has 0 bridgehead atoms. The van der Waals surface area contributed by atoms with E-state index in [1.54, 1.807) is 13.3 Å². The molecule has 0 saturated carbocycles. The summed E-state index contributed by atoms with van der Waals surface area (Å²) in [5.41, 5.74) is 2.47. The van der Waals surface area contributed by atoms with E-state index in [1.165, 1.54) is 5.69 Å². The fraction of sp³-hybridized carbons (Fsp3) is 0.381. The molecule has 2 aromatic rings. The third kappa shape index (κ3) is 3.40. The molecule has 7 nitrogen and oxygen atoms in total. The van der Waals surface area contributed by atoms with Gasteiger partial charge in [-0.1, -0.05) is 18.2 Å². The molecule has 1 amide bonds. The van der Waals surface area contributed by atoms with Gasteiger partial charge in [-0.25, -0.2) is 4.99 Å². The standard InChI is InChI=1S/C21H25N5O2/c1-3-25(16-8-5-4-6-9-16)12-7-10-23-20(27)17-15(2)28-21-18(17)19-22-11-13-26(19)14-24-21/h4-6,8-9,14H,3,7,10-13H2,1-2H3,(H,23,27). The van der Waals surface area contributed by atoms with Gasteiger partial charge in [0, 0.05) is 31.9 Å². The number of nitrogens with one attached hydrogen (secondary N) is 1. The Morgan fingerprint density at radius 2 is 2.14 bits per heavy atom. The predicted octanol–water partition coefficient (Wildman–Crippen LogP) is 2.97. The summed E-state index contributed by atoms with van der Waals surface area (Å²) in [4.78, 5) is 26.0. The minimum absolute atomic E-state index is 0.128. The van der Waals surface area contributed by atoms with Gasteiger partial charge in [-0.2, -0.15) is 0 Å². The monoisotopic (exact) mass is 379 g/mol. The molecule has 2 aliphatic heterocycles. The summed E-state index contributed by atoms with van der Waals surface area (Å²) >= 11 is 0. The first-order chi connectivity index (χ1) is 13.7. The molecule has 2 aliphatic rings. The van der Waals surface area contributed by atoms with Gasteiger partial charge in [0.25, 0.3) is 5.91 Å². The highest BCUT2D eigenvalue weighted by molar-refractivity contribution is 6.17. The second kappa shape index (κ2) is 7.88.